The zero-order chi connectivity index (χ0) is 13.2. The Balaban J connectivity index is 2.14. The number of nitrogen functional groups attached to an aromatic ring is 1. The van der Waals surface area contributed by atoms with Crippen molar-refractivity contribution in [3.63, 3.8) is 0 Å². The number of nitrogens with zero attached hydrogens (tertiary/aromatic N) is 5. The van der Waals surface area contributed by atoms with Crippen molar-refractivity contribution in [1.82, 2.24) is 24.5 Å². The van der Waals surface area contributed by atoms with Crippen LogP contribution in [0.5, 0.6) is 0 Å². The summed E-state index contributed by atoms with van der Waals surface area (Å²) >= 11 is 0. The van der Waals surface area contributed by atoms with Gasteiger partial charge >= 0.3 is 0 Å². The summed E-state index contributed by atoms with van der Waals surface area (Å²) in [7, 11) is 1.88. The third-order valence-corrected chi connectivity index (χ3v) is 2.73. The van der Waals surface area contributed by atoms with E-state index in [0.717, 1.165) is 11.3 Å². The number of aromatic nitrogens is 5. The molecule has 1 aromatic carbocycles. The average molecular weight is 252 g/mol. The molecule has 0 aliphatic heterocycles. The Morgan fingerprint density at radius 2 is 1.74 bits per heavy atom. The van der Waals surface area contributed by atoms with Crippen LogP contribution in [-0.4, -0.2) is 24.5 Å². The third-order valence-electron chi connectivity index (χ3n) is 2.73. The van der Waals surface area contributed by atoms with Crippen molar-refractivity contribution in [3.8, 4) is 22.9 Å². The van der Waals surface area contributed by atoms with E-state index in [9.17, 15) is 0 Å². The van der Waals surface area contributed by atoms with Gasteiger partial charge in [-0.1, -0.05) is 30.3 Å². The topological polar surface area (TPSA) is 82.5 Å². The number of hydrogen-bond donors (Lipinski definition) is 1. The monoisotopic (exact) mass is 252 g/mol. The highest BCUT2D eigenvalue weighted by Gasteiger charge is 2.10. The molecule has 0 fully saturated rings. The van der Waals surface area contributed by atoms with Crippen LogP contribution in [0.15, 0.2) is 42.9 Å². The van der Waals surface area contributed by atoms with Crippen LogP contribution in [0.25, 0.3) is 22.9 Å². The molecule has 0 unspecified atom stereocenters. The summed E-state index contributed by atoms with van der Waals surface area (Å²) in [6.07, 6.45) is 3.39. The van der Waals surface area contributed by atoms with Crippen LogP contribution in [0.2, 0.25) is 0 Å². The fraction of sp³-hybridized carbons (Fsp3) is 0.0769. The summed E-state index contributed by atoms with van der Waals surface area (Å²) in [5.74, 6) is 1.28. The van der Waals surface area contributed by atoms with E-state index in [2.05, 4.69) is 19.9 Å². The first kappa shape index (κ1) is 11.3. The van der Waals surface area contributed by atoms with Crippen molar-refractivity contribution in [2.75, 3.05) is 5.73 Å². The van der Waals surface area contributed by atoms with Crippen molar-refractivity contribution in [3.05, 3.63) is 42.9 Å². The molecule has 0 amide bonds. The molecule has 0 saturated heterocycles. The Morgan fingerprint density at radius 1 is 1.00 bits per heavy atom. The smallest absolute Gasteiger partial charge is 0.224 e. The van der Waals surface area contributed by atoms with Crippen LogP contribution in [0, 0.1) is 0 Å². The highest BCUT2D eigenvalue weighted by atomic mass is 15.1. The van der Waals surface area contributed by atoms with Crippen LogP contribution in [0.3, 0.4) is 0 Å². The summed E-state index contributed by atoms with van der Waals surface area (Å²) in [6.45, 7) is 0. The molecule has 2 heterocycles. The fourth-order valence-electron chi connectivity index (χ4n) is 1.80. The van der Waals surface area contributed by atoms with E-state index in [0.29, 0.717) is 11.6 Å². The molecule has 3 rings (SSSR count). The SMILES string of the molecule is Cn1cncc1-c1nc(N)nc(-c2ccccc2)n1. The Bertz CT molecular complexity index is 704. The molecule has 0 spiro atoms. The van der Waals surface area contributed by atoms with Crippen molar-refractivity contribution in [2.24, 2.45) is 7.05 Å². The number of benzene rings is 1. The number of anilines is 1. The molecule has 0 radical (unpaired) electrons. The molecule has 6 heteroatoms. The van der Waals surface area contributed by atoms with Gasteiger partial charge < -0.3 is 10.3 Å². The van der Waals surface area contributed by atoms with Gasteiger partial charge in [-0.15, -0.1) is 0 Å². The lowest BCUT2D eigenvalue weighted by molar-refractivity contribution is 0.905. The van der Waals surface area contributed by atoms with Gasteiger partial charge in [0.1, 0.15) is 5.69 Å². The second-order valence-corrected chi connectivity index (χ2v) is 4.10. The van der Waals surface area contributed by atoms with Crippen molar-refractivity contribution in [1.29, 1.82) is 0 Å². The lowest BCUT2D eigenvalue weighted by atomic mass is 10.2. The van der Waals surface area contributed by atoms with Crippen LogP contribution in [-0.2, 0) is 7.05 Å². The van der Waals surface area contributed by atoms with Gasteiger partial charge in [0.05, 0.1) is 12.5 Å². The van der Waals surface area contributed by atoms with E-state index in [1.165, 1.54) is 0 Å². The fourth-order valence-corrected chi connectivity index (χ4v) is 1.80. The number of aryl methyl sites for hydroxylation is 1. The molecule has 94 valence electrons. The number of hydrogen-bond acceptors (Lipinski definition) is 5. The van der Waals surface area contributed by atoms with E-state index >= 15 is 0 Å². The first-order valence-corrected chi connectivity index (χ1v) is 5.78. The van der Waals surface area contributed by atoms with Crippen molar-refractivity contribution >= 4 is 5.95 Å². The Kier molecular flexibility index (Phi) is 2.68. The number of imidazole rings is 1. The Morgan fingerprint density at radius 3 is 2.42 bits per heavy atom. The normalized spacial score (nSPS) is 10.6. The van der Waals surface area contributed by atoms with Gasteiger partial charge in [0.25, 0.3) is 0 Å². The Hall–Kier alpha value is -2.76. The van der Waals surface area contributed by atoms with E-state index in [4.69, 9.17) is 5.73 Å². The van der Waals surface area contributed by atoms with Crippen LogP contribution in [0.4, 0.5) is 5.95 Å². The summed E-state index contributed by atoms with van der Waals surface area (Å²) < 4.78 is 1.84. The van der Waals surface area contributed by atoms with Gasteiger partial charge in [-0.3, -0.25) is 0 Å². The zero-order valence-electron chi connectivity index (χ0n) is 10.4. The van der Waals surface area contributed by atoms with Crippen LogP contribution >= 0.6 is 0 Å². The van der Waals surface area contributed by atoms with E-state index in [1.807, 2.05) is 41.9 Å². The van der Waals surface area contributed by atoms with Crippen molar-refractivity contribution in [2.45, 2.75) is 0 Å². The molecule has 2 N–H and O–H groups in total. The van der Waals surface area contributed by atoms with Crippen LogP contribution in [0.1, 0.15) is 0 Å². The van der Waals surface area contributed by atoms with Crippen LogP contribution < -0.4 is 5.73 Å². The molecule has 2 aromatic heterocycles. The highest BCUT2D eigenvalue weighted by molar-refractivity contribution is 5.60. The quantitative estimate of drug-likeness (QED) is 0.747. The second kappa shape index (κ2) is 4.49. The van der Waals surface area contributed by atoms with Crippen molar-refractivity contribution < 1.29 is 0 Å². The van der Waals surface area contributed by atoms with E-state index < -0.39 is 0 Å². The number of nitrogens with two attached hydrogens (primary N) is 1. The molecule has 0 bridgehead atoms. The summed E-state index contributed by atoms with van der Waals surface area (Å²) in [5, 5.41) is 0. The lowest BCUT2D eigenvalue weighted by Crippen LogP contribution is -2.04. The molecule has 6 nitrogen and oxygen atoms in total. The molecule has 3 aromatic rings. The van der Waals surface area contributed by atoms with Gasteiger partial charge in [-0.25, -0.2) is 9.97 Å². The van der Waals surface area contributed by atoms with E-state index in [1.54, 1.807) is 12.5 Å². The third kappa shape index (κ3) is 2.15. The summed E-state index contributed by atoms with van der Waals surface area (Å²) in [6, 6.07) is 9.66. The predicted molar refractivity (Wildman–Crippen MR) is 71.9 cm³/mol. The minimum atomic E-state index is 0.199. The molecule has 0 aliphatic rings. The van der Waals surface area contributed by atoms with Gasteiger partial charge in [0, 0.05) is 12.6 Å². The maximum atomic E-state index is 5.76. The first-order valence-electron chi connectivity index (χ1n) is 5.78. The maximum absolute atomic E-state index is 5.76. The molecular formula is C13H12N6. The first-order chi connectivity index (χ1) is 9.24. The zero-order valence-corrected chi connectivity index (χ0v) is 10.4. The number of rotatable bonds is 2. The molecule has 0 aliphatic carbocycles. The predicted octanol–water partition coefficient (Wildman–Crippen LogP) is 1.52. The largest absolute Gasteiger partial charge is 0.368 e. The maximum Gasteiger partial charge on any atom is 0.224 e. The van der Waals surface area contributed by atoms with Gasteiger partial charge in [-0.05, 0) is 0 Å². The molecule has 0 atom stereocenters. The second-order valence-electron chi connectivity index (χ2n) is 4.10. The Labute approximate surface area is 110 Å². The molecule has 19 heavy (non-hydrogen) atoms. The molecule has 0 saturated carbocycles. The lowest BCUT2D eigenvalue weighted by Gasteiger charge is -2.05. The summed E-state index contributed by atoms with van der Waals surface area (Å²) in [4.78, 5) is 16.8. The average Bonchev–Trinajstić information content (AvgIpc) is 2.85. The van der Waals surface area contributed by atoms with Gasteiger partial charge in [-0.2, -0.15) is 9.97 Å². The summed E-state index contributed by atoms with van der Waals surface area (Å²) in [5.41, 5.74) is 7.46. The standard InChI is InChI=1S/C13H12N6/c1-19-8-15-7-10(19)12-16-11(17-13(14)18-12)9-5-3-2-4-6-9/h2-8H,1H3,(H2,14,16,17,18). The molecular weight excluding hydrogens is 240 g/mol. The highest BCUT2D eigenvalue weighted by Crippen LogP contribution is 2.19. The van der Waals surface area contributed by atoms with E-state index in [-0.39, 0.29) is 5.95 Å². The minimum absolute atomic E-state index is 0.199. The minimum Gasteiger partial charge on any atom is -0.368 e. The van der Waals surface area contributed by atoms with Gasteiger partial charge in [0.2, 0.25) is 5.95 Å². The van der Waals surface area contributed by atoms with Gasteiger partial charge in [0.15, 0.2) is 11.6 Å².